The van der Waals surface area contributed by atoms with E-state index in [0.29, 0.717) is 26.5 Å². The van der Waals surface area contributed by atoms with E-state index in [9.17, 15) is 14.9 Å². The predicted octanol–water partition coefficient (Wildman–Crippen LogP) is 4.00. The molecule has 0 unspecified atom stereocenters. The molecule has 0 aliphatic carbocycles. The van der Waals surface area contributed by atoms with E-state index in [1.165, 1.54) is 4.57 Å². The quantitative estimate of drug-likeness (QED) is 0.488. The first-order valence-electron chi connectivity index (χ1n) is 10.0. The summed E-state index contributed by atoms with van der Waals surface area (Å²) >= 11 is 7.37. The molecule has 0 fully saturated rings. The standard InChI is InChI=1S/C26H18ClN3O2S/c1-17-9-5-8-14-22(17)30-25(32)23(15-18-10-6-7-13-21(18)27)33-26(30)20(16-28)24(31)29-19-11-3-2-4-12-19/h2-15H,1H3,(H,29,31)/b23-15+,26-20+. The van der Waals surface area contributed by atoms with E-state index < -0.39 is 5.91 Å². The van der Waals surface area contributed by atoms with Crippen molar-refractivity contribution in [2.24, 2.45) is 0 Å². The number of carbonyl (C=O) groups is 1. The number of para-hydroxylation sites is 2. The largest absolute Gasteiger partial charge is 0.321 e. The van der Waals surface area contributed by atoms with Gasteiger partial charge in [-0.3, -0.25) is 14.2 Å². The molecule has 5 nitrogen and oxygen atoms in total. The van der Waals surface area contributed by atoms with Gasteiger partial charge >= 0.3 is 0 Å². The molecule has 162 valence electrons. The van der Waals surface area contributed by atoms with Gasteiger partial charge in [-0.15, -0.1) is 11.3 Å². The van der Waals surface area contributed by atoms with E-state index in [2.05, 4.69) is 5.32 Å². The van der Waals surface area contributed by atoms with Crippen LogP contribution in [-0.4, -0.2) is 10.5 Å². The number of nitriles is 1. The second-order valence-corrected chi connectivity index (χ2v) is 8.61. The molecule has 0 radical (unpaired) electrons. The molecule has 7 heteroatoms. The molecule has 0 atom stereocenters. The maximum Gasteiger partial charge on any atom is 0.273 e. The maximum atomic E-state index is 13.5. The second kappa shape index (κ2) is 9.70. The summed E-state index contributed by atoms with van der Waals surface area (Å²) in [4.78, 5) is 26.5. The molecule has 4 rings (SSSR count). The number of carbonyl (C=O) groups excluding carboxylic acids is 1. The van der Waals surface area contributed by atoms with Crippen molar-refractivity contribution in [3.8, 4) is 11.8 Å². The molecule has 0 bridgehead atoms. The summed E-state index contributed by atoms with van der Waals surface area (Å²) in [6.07, 6.45) is 1.68. The fourth-order valence-corrected chi connectivity index (χ4v) is 4.60. The summed E-state index contributed by atoms with van der Waals surface area (Å²) in [5.41, 5.74) is 2.19. The summed E-state index contributed by atoms with van der Waals surface area (Å²) < 4.78 is 2.04. The first-order valence-corrected chi connectivity index (χ1v) is 11.2. The van der Waals surface area contributed by atoms with Gasteiger partial charge in [-0.1, -0.05) is 66.2 Å². The Morgan fingerprint density at radius 3 is 2.39 bits per heavy atom. The van der Waals surface area contributed by atoms with Crippen LogP contribution in [0.3, 0.4) is 0 Å². The van der Waals surface area contributed by atoms with Crippen LogP contribution in [0.5, 0.6) is 0 Å². The number of hydrogen-bond donors (Lipinski definition) is 1. The Bertz CT molecular complexity index is 1560. The highest BCUT2D eigenvalue weighted by Gasteiger charge is 2.18. The van der Waals surface area contributed by atoms with Crippen LogP contribution in [0.25, 0.3) is 17.3 Å². The third-order valence-electron chi connectivity index (χ3n) is 4.96. The number of aryl methyl sites for hydroxylation is 1. The Morgan fingerprint density at radius 2 is 1.70 bits per heavy atom. The van der Waals surface area contributed by atoms with Gasteiger partial charge in [-0.2, -0.15) is 5.26 Å². The third kappa shape index (κ3) is 4.65. The van der Waals surface area contributed by atoms with E-state index in [-0.39, 0.29) is 15.8 Å². The molecule has 4 aromatic rings. The summed E-state index contributed by atoms with van der Waals surface area (Å²) in [5.74, 6) is -0.587. The number of amides is 1. The van der Waals surface area contributed by atoms with E-state index in [4.69, 9.17) is 11.6 Å². The van der Waals surface area contributed by atoms with Crippen LogP contribution in [0.4, 0.5) is 5.69 Å². The zero-order chi connectivity index (χ0) is 23.4. The minimum absolute atomic E-state index is 0.150. The summed E-state index contributed by atoms with van der Waals surface area (Å²) in [6.45, 7) is 1.87. The molecule has 0 aliphatic heterocycles. The molecule has 0 aliphatic rings. The molecule has 33 heavy (non-hydrogen) atoms. The van der Waals surface area contributed by atoms with Gasteiger partial charge in [0.05, 0.1) is 10.2 Å². The van der Waals surface area contributed by atoms with Gasteiger partial charge in [-0.25, -0.2) is 0 Å². The number of benzene rings is 3. The molecule has 1 heterocycles. The van der Waals surface area contributed by atoms with Crippen molar-refractivity contribution in [1.82, 2.24) is 4.57 Å². The van der Waals surface area contributed by atoms with Gasteiger partial charge in [0.15, 0.2) is 5.57 Å². The molecule has 1 amide bonds. The Kier molecular flexibility index (Phi) is 6.55. The van der Waals surface area contributed by atoms with E-state index in [1.807, 2.05) is 43.3 Å². The number of rotatable bonds is 4. The zero-order valence-corrected chi connectivity index (χ0v) is 19.2. The van der Waals surface area contributed by atoms with Crippen LogP contribution in [0.15, 0.2) is 83.7 Å². The van der Waals surface area contributed by atoms with Crippen molar-refractivity contribution in [1.29, 1.82) is 5.26 Å². The molecular formula is C26H18ClN3O2S. The van der Waals surface area contributed by atoms with Gasteiger partial charge in [-0.05, 0) is 48.4 Å². The van der Waals surface area contributed by atoms with Gasteiger partial charge in [0.25, 0.3) is 11.5 Å². The van der Waals surface area contributed by atoms with Crippen LogP contribution in [0, 0.1) is 18.3 Å². The number of thiazole rings is 1. The highest BCUT2D eigenvalue weighted by molar-refractivity contribution is 7.07. The van der Waals surface area contributed by atoms with Crippen molar-refractivity contribution in [3.63, 3.8) is 0 Å². The summed E-state index contributed by atoms with van der Waals surface area (Å²) in [6, 6.07) is 25.4. The average Bonchev–Trinajstić information content (AvgIpc) is 3.12. The summed E-state index contributed by atoms with van der Waals surface area (Å²) in [5, 5.41) is 13.1. The Balaban J connectivity index is 2.01. The molecule has 1 aromatic heterocycles. The van der Waals surface area contributed by atoms with Crippen molar-refractivity contribution in [2.45, 2.75) is 6.92 Å². The lowest BCUT2D eigenvalue weighted by atomic mass is 10.2. The van der Waals surface area contributed by atoms with Crippen LogP contribution < -0.4 is 20.1 Å². The van der Waals surface area contributed by atoms with E-state index in [0.717, 1.165) is 16.9 Å². The zero-order valence-electron chi connectivity index (χ0n) is 17.6. The highest BCUT2D eigenvalue weighted by Crippen LogP contribution is 2.16. The monoisotopic (exact) mass is 471 g/mol. The molecule has 3 aromatic carbocycles. The summed E-state index contributed by atoms with van der Waals surface area (Å²) in [7, 11) is 0. The van der Waals surface area contributed by atoms with Crippen LogP contribution >= 0.6 is 22.9 Å². The van der Waals surface area contributed by atoms with Crippen molar-refractivity contribution >= 4 is 46.2 Å². The van der Waals surface area contributed by atoms with Crippen LogP contribution in [-0.2, 0) is 4.79 Å². The van der Waals surface area contributed by atoms with Gasteiger partial charge < -0.3 is 5.32 Å². The Morgan fingerprint density at radius 1 is 1.03 bits per heavy atom. The molecule has 0 saturated carbocycles. The minimum atomic E-state index is -0.587. The topological polar surface area (TPSA) is 74.9 Å². The lowest BCUT2D eigenvalue weighted by Crippen LogP contribution is -2.32. The Labute approximate surface area is 199 Å². The molecule has 1 N–H and O–H groups in total. The van der Waals surface area contributed by atoms with E-state index in [1.54, 1.807) is 54.6 Å². The van der Waals surface area contributed by atoms with Crippen molar-refractivity contribution < 1.29 is 4.79 Å². The normalized spacial score (nSPS) is 12.2. The van der Waals surface area contributed by atoms with Crippen molar-refractivity contribution in [3.05, 3.63) is 115 Å². The van der Waals surface area contributed by atoms with Crippen LogP contribution in [0.1, 0.15) is 11.1 Å². The van der Waals surface area contributed by atoms with Gasteiger partial charge in [0, 0.05) is 10.7 Å². The lowest BCUT2D eigenvalue weighted by molar-refractivity contribution is -0.111. The van der Waals surface area contributed by atoms with E-state index >= 15 is 0 Å². The molecule has 0 saturated heterocycles. The predicted molar refractivity (Wildman–Crippen MR) is 133 cm³/mol. The minimum Gasteiger partial charge on any atom is -0.321 e. The second-order valence-electron chi connectivity index (χ2n) is 7.17. The van der Waals surface area contributed by atoms with Crippen molar-refractivity contribution in [2.75, 3.05) is 5.32 Å². The fraction of sp³-hybridized carbons (Fsp3) is 0.0385. The molecule has 0 spiro atoms. The van der Waals surface area contributed by atoms with Gasteiger partial charge in [0.2, 0.25) is 0 Å². The Hall–Kier alpha value is -3.92. The lowest BCUT2D eigenvalue weighted by Gasteiger charge is -2.08. The smallest absolute Gasteiger partial charge is 0.273 e. The first-order chi connectivity index (χ1) is 16.0. The first kappa shape index (κ1) is 22.3. The van der Waals surface area contributed by atoms with Gasteiger partial charge in [0.1, 0.15) is 10.7 Å². The average molecular weight is 472 g/mol. The number of aromatic nitrogens is 1. The number of nitrogens with one attached hydrogen (secondary N) is 1. The molecular weight excluding hydrogens is 454 g/mol. The third-order valence-corrected chi connectivity index (χ3v) is 6.39. The fourth-order valence-electron chi connectivity index (χ4n) is 3.33. The maximum absolute atomic E-state index is 13.5. The number of anilines is 1. The SMILES string of the molecule is Cc1ccccc1-n1c(=O)/c(=C\c2ccccc2Cl)s/c1=C(\C#N)C(=O)Nc1ccccc1. The van der Waals surface area contributed by atoms with Crippen LogP contribution in [0.2, 0.25) is 5.02 Å². The highest BCUT2D eigenvalue weighted by atomic mass is 35.5. The number of nitrogens with zero attached hydrogens (tertiary/aromatic N) is 2. The number of hydrogen-bond acceptors (Lipinski definition) is 4. The number of halogens is 1.